The Morgan fingerprint density at radius 3 is 2.90 bits per heavy atom. The van der Waals surface area contributed by atoms with Gasteiger partial charge in [0.25, 0.3) is 11.5 Å². The molecule has 1 aliphatic rings. The summed E-state index contributed by atoms with van der Waals surface area (Å²) in [6, 6.07) is 1.70. The van der Waals surface area contributed by atoms with Crippen molar-refractivity contribution in [1.29, 1.82) is 0 Å². The molecule has 1 amide bonds. The van der Waals surface area contributed by atoms with Crippen LogP contribution in [0.25, 0.3) is 11.0 Å². The summed E-state index contributed by atoms with van der Waals surface area (Å²) in [5.74, 6) is 0.514. The molecule has 1 saturated carbocycles. The number of rotatable bonds is 3. The van der Waals surface area contributed by atoms with Gasteiger partial charge < -0.3 is 4.90 Å². The molecule has 0 unspecified atom stereocenters. The van der Waals surface area contributed by atoms with Gasteiger partial charge in [-0.3, -0.25) is 19.4 Å². The van der Waals surface area contributed by atoms with Gasteiger partial charge in [-0.05, 0) is 31.7 Å². The van der Waals surface area contributed by atoms with E-state index in [4.69, 9.17) is 0 Å². The minimum Gasteiger partial charge on any atom is -0.341 e. The molecular weight excluding hydrogens is 256 g/mol. The van der Waals surface area contributed by atoms with E-state index in [9.17, 15) is 9.59 Å². The van der Waals surface area contributed by atoms with Crippen molar-refractivity contribution in [3.05, 3.63) is 27.7 Å². The van der Waals surface area contributed by atoms with Crippen molar-refractivity contribution < 1.29 is 4.79 Å². The van der Waals surface area contributed by atoms with E-state index in [1.807, 2.05) is 6.92 Å². The van der Waals surface area contributed by atoms with Crippen LogP contribution in [0.1, 0.15) is 28.9 Å². The summed E-state index contributed by atoms with van der Waals surface area (Å²) in [6.45, 7) is 2.58. The van der Waals surface area contributed by atoms with Crippen LogP contribution in [0.15, 0.2) is 10.9 Å². The predicted molar refractivity (Wildman–Crippen MR) is 75.8 cm³/mol. The number of fused-ring (bicyclic) bond motifs is 1. The number of aromatic nitrogens is 3. The number of pyridine rings is 1. The highest BCUT2D eigenvalue weighted by molar-refractivity contribution is 6.05. The first-order chi connectivity index (χ1) is 9.47. The van der Waals surface area contributed by atoms with Gasteiger partial charge in [-0.1, -0.05) is 0 Å². The van der Waals surface area contributed by atoms with E-state index in [0.717, 1.165) is 12.2 Å². The third kappa shape index (κ3) is 2.11. The van der Waals surface area contributed by atoms with E-state index in [0.29, 0.717) is 22.5 Å². The van der Waals surface area contributed by atoms with Crippen LogP contribution in [0.5, 0.6) is 0 Å². The number of amides is 1. The zero-order valence-electron chi connectivity index (χ0n) is 11.9. The van der Waals surface area contributed by atoms with Crippen LogP contribution in [0.4, 0.5) is 0 Å². The lowest BCUT2D eigenvalue weighted by Gasteiger charge is -2.17. The van der Waals surface area contributed by atoms with Crippen molar-refractivity contribution >= 4 is 16.9 Å². The van der Waals surface area contributed by atoms with Crippen molar-refractivity contribution in [2.75, 3.05) is 13.6 Å². The van der Waals surface area contributed by atoms with Crippen molar-refractivity contribution in [1.82, 2.24) is 19.7 Å². The van der Waals surface area contributed by atoms with Crippen LogP contribution in [-0.2, 0) is 7.05 Å². The molecule has 0 spiro atoms. The number of H-pyrrole nitrogens is 1. The normalized spacial score (nSPS) is 14.8. The number of hydrogen-bond donors (Lipinski definition) is 1. The zero-order chi connectivity index (χ0) is 14.4. The Labute approximate surface area is 116 Å². The lowest BCUT2D eigenvalue weighted by molar-refractivity contribution is 0.0790. The van der Waals surface area contributed by atoms with Gasteiger partial charge >= 0.3 is 0 Å². The summed E-state index contributed by atoms with van der Waals surface area (Å²) >= 11 is 0. The van der Waals surface area contributed by atoms with E-state index in [1.165, 1.54) is 12.8 Å². The average Bonchev–Trinajstić information content (AvgIpc) is 3.15. The van der Waals surface area contributed by atoms with E-state index in [2.05, 4.69) is 10.1 Å². The Bertz CT molecular complexity index is 739. The molecule has 0 saturated heterocycles. The van der Waals surface area contributed by atoms with E-state index >= 15 is 0 Å². The first-order valence-electron chi connectivity index (χ1n) is 6.79. The second kappa shape index (κ2) is 4.47. The molecule has 2 heterocycles. The second-order valence-electron chi connectivity index (χ2n) is 5.64. The summed E-state index contributed by atoms with van der Waals surface area (Å²) in [6.07, 6.45) is 2.38. The smallest absolute Gasteiger partial charge is 0.274 e. The minimum atomic E-state index is -0.266. The Morgan fingerprint density at radius 2 is 2.25 bits per heavy atom. The third-order valence-electron chi connectivity index (χ3n) is 3.75. The quantitative estimate of drug-likeness (QED) is 0.909. The zero-order valence-corrected chi connectivity index (χ0v) is 11.9. The Kier molecular flexibility index (Phi) is 2.88. The molecule has 2 aromatic heterocycles. The highest BCUT2D eigenvalue weighted by Crippen LogP contribution is 2.30. The van der Waals surface area contributed by atoms with Gasteiger partial charge in [-0.15, -0.1) is 0 Å². The molecule has 1 fully saturated rings. The first kappa shape index (κ1) is 12.9. The van der Waals surface area contributed by atoms with Gasteiger partial charge in [0.05, 0.1) is 10.9 Å². The van der Waals surface area contributed by atoms with Gasteiger partial charge in [0.1, 0.15) is 0 Å². The van der Waals surface area contributed by atoms with Crippen molar-refractivity contribution in [3.63, 3.8) is 0 Å². The SMILES string of the molecule is Cc1cc(C(=O)N(C)CC2CC2)c2c(=O)[nH]n(C)c2n1. The van der Waals surface area contributed by atoms with Gasteiger partial charge in [0, 0.05) is 26.3 Å². The molecule has 20 heavy (non-hydrogen) atoms. The van der Waals surface area contributed by atoms with Crippen LogP contribution in [0, 0.1) is 12.8 Å². The standard InChI is InChI=1S/C14H18N4O2/c1-8-6-10(14(20)17(2)7-9-4-5-9)11-12(15-8)18(3)16-13(11)19/h6,9H,4-5,7H2,1-3H3,(H,16,19). The first-order valence-corrected chi connectivity index (χ1v) is 6.79. The molecule has 0 bridgehead atoms. The molecule has 0 atom stereocenters. The summed E-state index contributed by atoms with van der Waals surface area (Å²) < 4.78 is 1.56. The monoisotopic (exact) mass is 274 g/mol. The third-order valence-corrected chi connectivity index (χ3v) is 3.75. The summed E-state index contributed by atoms with van der Waals surface area (Å²) in [4.78, 5) is 30.6. The van der Waals surface area contributed by atoms with Gasteiger partial charge in [-0.25, -0.2) is 4.98 Å². The van der Waals surface area contributed by atoms with Crippen LogP contribution < -0.4 is 5.56 Å². The van der Waals surface area contributed by atoms with Crippen molar-refractivity contribution in [2.24, 2.45) is 13.0 Å². The lowest BCUT2D eigenvalue weighted by Crippen LogP contribution is -2.29. The number of carbonyl (C=O) groups excluding carboxylic acids is 1. The average molecular weight is 274 g/mol. The fourth-order valence-corrected chi connectivity index (χ4v) is 2.53. The summed E-state index contributed by atoms with van der Waals surface area (Å²) in [5, 5.41) is 3.04. The van der Waals surface area contributed by atoms with Crippen LogP contribution in [-0.4, -0.2) is 39.2 Å². The van der Waals surface area contributed by atoms with E-state index in [1.54, 1.807) is 29.7 Å². The van der Waals surface area contributed by atoms with Gasteiger partial charge in [-0.2, -0.15) is 0 Å². The molecule has 0 aromatic carbocycles. The maximum absolute atomic E-state index is 12.6. The fraction of sp³-hybridized carbons (Fsp3) is 0.500. The number of aryl methyl sites for hydroxylation is 2. The topological polar surface area (TPSA) is 71.0 Å². The highest BCUT2D eigenvalue weighted by Gasteiger charge is 2.27. The maximum Gasteiger partial charge on any atom is 0.274 e. The fourth-order valence-electron chi connectivity index (χ4n) is 2.53. The number of hydrogen-bond acceptors (Lipinski definition) is 3. The number of aromatic amines is 1. The molecule has 6 heteroatoms. The molecule has 6 nitrogen and oxygen atoms in total. The second-order valence-corrected chi connectivity index (χ2v) is 5.64. The van der Waals surface area contributed by atoms with Crippen LogP contribution >= 0.6 is 0 Å². The Morgan fingerprint density at radius 1 is 1.55 bits per heavy atom. The number of nitrogens with zero attached hydrogens (tertiary/aromatic N) is 3. The highest BCUT2D eigenvalue weighted by atomic mass is 16.2. The molecule has 0 radical (unpaired) electrons. The minimum absolute atomic E-state index is 0.107. The Balaban J connectivity index is 2.09. The maximum atomic E-state index is 12.6. The summed E-state index contributed by atoms with van der Waals surface area (Å²) in [7, 11) is 3.51. The number of nitrogens with one attached hydrogen (secondary N) is 1. The van der Waals surface area contributed by atoms with Gasteiger partial charge in [0.15, 0.2) is 5.65 Å². The molecule has 1 N–H and O–H groups in total. The van der Waals surface area contributed by atoms with Crippen LogP contribution in [0.3, 0.4) is 0 Å². The molecular formula is C14H18N4O2. The van der Waals surface area contributed by atoms with E-state index in [-0.39, 0.29) is 11.5 Å². The number of carbonyl (C=O) groups is 1. The molecule has 0 aliphatic heterocycles. The Hall–Kier alpha value is -2.11. The summed E-state index contributed by atoms with van der Waals surface area (Å²) in [5.41, 5.74) is 1.43. The molecule has 106 valence electrons. The van der Waals surface area contributed by atoms with Crippen LogP contribution in [0.2, 0.25) is 0 Å². The molecule has 1 aliphatic carbocycles. The van der Waals surface area contributed by atoms with Crippen molar-refractivity contribution in [3.8, 4) is 0 Å². The molecule has 3 rings (SSSR count). The largest absolute Gasteiger partial charge is 0.341 e. The lowest BCUT2D eigenvalue weighted by atomic mass is 10.1. The predicted octanol–water partition coefficient (Wildman–Crippen LogP) is 1.05. The van der Waals surface area contributed by atoms with Gasteiger partial charge in [0.2, 0.25) is 0 Å². The van der Waals surface area contributed by atoms with Crippen molar-refractivity contribution in [2.45, 2.75) is 19.8 Å². The van der Waals surface area contributed by atoms with E-state index < -0.39 is 0 Å². The molecule has 2 aromatic rings.